The Balaban J connectivity index is 1.97. The van der Waals surface area contributed by atoms with E-state index in [2.05, 4.69) is 4.52 Å². The molecular weight excluding hydrogens is 321 g/mol. The van der Waals surface area contributed by atoms with Crippen molar-refractivity contribution in [1.82, 2.24) is 0 Å². The first-order valence-corrected chi connectivity index (χ1v) is 8.49. The molecule has 0 radical (unpaired) electrons. The van der Waals surface area contributed by atoms with Crippen LogP contribution in [0.25, 0.3) is 0 Å². The topological polar surface area (TPSA) is 161 Å². The zero-order valence-corrected chi connectivity index (χ0v) is 12.6. The van der Waals surface area contributed by atoms with E-state index < -0.39 is 50.9 Å². The van der Waals surface area contributed by atoms with Gasteiger partial charge in [0.05, 0.1) is 25.7 Å². The molecule has 0 amide bonds. The van der Waals surface area contributed by atoms with Crippen LogP contribution in [-0.4, -0.2) is 70.2 Å². The van der Waals surface area contributed by atoms with Gasteiger partial charge < -0.3 is 39.5 Å². The van der Waals surface area contributed by atoms with Crippen LogP contribution in [0.1, 0.15) is 12.8 Å². The maximum absolute atomic E-state index is 11.0. The maximum Gasteiger partial charge on any atom is 0.469 e. The Hall–Kier alpha value is -0.580. The van der Waals surface area contributed by atoms with Crippen LogP contribution in [0.15, 0.2) is 0 Å². The third kappa shape index (κ3) is 4.24. The fourth-order valence-corrected chi connectivity index (χ4v) is 3.29. The van der Waals surface area contributed by atoms with Crippen molar-refractivity contribution in [2.75, 3.05) is 19.7 Å². The SMILES string of the molecule is O=C([O-])C1CCC[NH+]([C@@H]2O[C@H](COP(=O)(O)O)[C@@H](O)[C@H]2O)C1. The molecule has 0 saturated carbocycles. The van der Waals surface area contributed by atoms with Gasteiger partial charge in [-0.2, -0.15) is 0 Å². The molecule has 2 fully saturated rings. The molecule has 10 nitrogen and oxygen atoms in total. The number of carbonyl (C=O) groups excluding carboxylic acids is 1. The molecule has 0 aliphatic carbocycles. The van der Waals surface area contributed by atoms with Crippen LogP contribution in [0.2, 0.25) is 0 Å². The summed E-state index contributed by atoms with van der Waals surface area (Å²) in [4.78, 5) is 28.9. The second-order valence-corrected chi connectivity index (χ2v) is 6.87. The molecule has 2 aliphatic heterocycles. The van der Waals surface area contributed by atoms with E-state index >= 15 is 0 Å². The number of hydrogen-bond donors (Lipinski definition) is 5. The van der Waals surface area contributed by atoms with Gasteiger partial charge in [-0.05, 0) is 12.8 Å². The molecule has 0 aromatic rings. The predicted octanol–water partition coefficient (Wildman–Crippen LogP) is -4.41. The van der Waals surface area contributed by atoms with Crippen LogP contribution in [-0.2, 0) is 18.6 Å². The summed E-state index contributed by atoms with van der Waals surface area (Å²) in [5.74, 6) is -1.81. The van der Waals surface area contributed by atoms with Gasteiger partial charge >= 0.3 is 7.82 Å². The largest absolute Gasteiger partial charge is 0.550 e. The van der Waals surface area contributed by atoms with Gasteiger partial charge in [0.2, 0.25) is 6.23 Å². The quantitative estimate of drug-likeness (QED) is 0.311. The van der Waals surface area contributed by atoms with Gasteiger partial charge in [0, 0.05) is 5.92 Å². The summed E-state index contributed by atoms with van der Waals surface area (Å²) in [6.07, 6.45) is -3.53. The Morgan fingerprint density at radius 3 is 2.64 bits per heavy atom. The van der Waals surface area contributed by atoms with Crippen LogP contribution in [0, 0.1) is 5.92 Å². The summed E-state index contributed by atoms with van der Waals surface area (Å²) in [5, 5.41) is 30.9. The lowest BCUT2D eigenvalue weighted by atomic mass is 9.97. The zero-order valence-electron chi connectivity index (χ0n) is 11.7. The Morgan fingerprint density at radius 2 is 2.05 bits per heavy atom. The Morgan fingerprint density at radius 1 is 1.36 bits per heavy atom. The van der Waals surface area contributed by atoms with Crippen LogP contribution in [0.5, 0.6) is 0 Å². The fraction of sp³-hybridized carbons (Fsp3) is 0.909. The minimum atomic E-state index is -4.70. The average molecular weight is 341 g/mol. The molecule has 22 heavy (non-hydrogen) atoms. The minimum Gasteiger partial charge on any atom is -0.550 e. The number of aliphatic carboxylic acids is 1. The van der Waals surface area contributed by atoms with Gasteiger partial charge in [-0.3, -0.25) is 4.52 Å². The van der Waals surface area contributed by atoms with E-state index in [0.29, 0.717) is 24.3 Å². The summed E-state index contributed by atoms with van der Waals surface area (Å²) >= 11 is 0. The predicted molar refractivity (Wildman–Crippen MR) is 67.1 cm³/mol. The summed E-state index contributed by atoms with van der Waals surface area (Å²) in [6.45, 7) is 0.184. The normalized spacial score (nSPS) is 39.8. The molecule has 2 heterocycles. The van der Waals surface area contributed by atoms with E-state index in [1.807, 2.05) is 0 Å². The number of quaternary nitrogens is 1. The van der Waals surface area contributed by atoms with Crippen molar-refractivity contribution in [1.29, 1.82) is 0 Å². The average Bonchev–Trinajstić information content (AvgIpc) is 2.72. The third-order valence-electron chi connectivity index (χ3n) is 4.06. The molecule has 2 saturated heterocycles. The number of rotatable bonds is 5. The van der Waals surface area contributed by atoms with E-state index in [1.165, 1.54) is 0 Å². The van der Waals surface area contributed by atoms with E-state index in [4.69, 9.17) is 14.5 Å². The van der Waals surface area contributed by atoms with Crippen molar-refractivity contribution < 1.29 is 48.6 Å². The lowest BCUT2D eigenvalue weighted by Gasteiger charge is -2.34. The number of likely N-dealkylation sites (tertiary alicyclic amines) is 1. The molecule has 11 heteroatoms. The number of piperidine rings is 1. The van der Waals surface area contributed by atoms with Gasteiger partial charge in [-0.25, -0.2) is 4.57 Å². The maximum atomic E-state index is 11.0. The molecule has 5 N–H and O–H groups in total. The molecule has 6 atom stereocenters. The molecular formula is C11H20NO9P. The summed E-state index contributed by atoms with van der Waals surface area (Å²) < 4.78 is 20.4. The van der Waals surface area contributed by atoms with Gasteiger partial charge in [-0.15, -0.1) is 0 Å². The van der Waals surface area contributed by atoms with E-state index in [0.717, 1.165) is 0 Å². The molecule has 0 bridgehead atoms. The highest BCUT2D eigenvalue weighted by Gasteiger charge is 2.49. The number of hydrogen-bond acceptors (Lipinski definition) is 7. The molecule has 0 spiro atoms. The molecule has 0 aromatic heterocycles. The Labute approximate surface area is 126 Å². The number of carbonyl (C=O) groups is 1. The summed E-state index contributed by atoms with van der Waals surface area (Å²) in [7, 11) is -4.70. The highest BCUT2D eigenvalue weighted by molar-refractivity contribution is 7.46. The lowest BCUT2D eigenvalue weighted by Crippen LogP contribution is -3.18. The first-order valence-electron chi connectivity index (χ1n) is 6.96. The highest BCUT2D eigenvalue weighted by Crippen LogP contribution is 2.36. The molecule has 0 aromatic carbocycles. The van der Waals surface area contributed by atoms with Crippen molar-refractivity contribution in [2.45, 2.75) is 37.4 Å². The number of aliphatic hydroxyl groups is 2. The van der Waals surface area contributed by atoms with Crippen LogP contribution < -0.4 is 10.0 Å². The zero-order chi connectivity index (χ0) is 16.5. The second kappa shape index (κ2) is 6.90. The van der Waals surface area contributed by atoms with Gasteiger partial charge in [-0.1, -0.05) is 0 Å². The highest BCUT2D eigenvalue weighted by atomic mass is 31.2. The van der Waals surface area contributed by atoms with Crippen molar-refractivity contribution in [3.05, 3.63) is 0 Å². The van der Waals surface area contributed by atoms with Gasteiger partial charge in [0.15, 0.2) is 6.10 Å². The third-order valence-corrected chi connectivity index (χ3v) is 4.55. The summed E-state index contributed by atoms with van der Waals surface area (Å²) in [5.41, 5.74) is 0. The fourth-order valence-electron chi connectivity index (χ4n) is 2.95. The minimum absolute atomic E-state index is 0.197. The number of ether oxygens (including phenoxy) is 1. The number of carboxylic acid groups (broad SMARTS) is 1. The van der Waals surface area contributed by atoms with E-state index in [1.54, 1.807) is 0 Å². The number of phosphoric ester groups is 1. The smallest absolute Gasteiger partial charge is 0.469 e. The van der Waals surface area contributed by atoms with Crippen molar-refractivity contribution in [3.8, 4) is 0 Å². The lowest BCUT2D eigenvalue weighted by molar-refractivity contribution is -0.956. The van der Waals surface area contributed by atoms with Crippen LogP contribution in [0.4, 0.5) is 0 Å². The van der Waals surface area contributed by atoms with E-state index in [9.17, 15) is 24.7 Å². The first-order chi connectivity index (χ1) is 10.2. The first kappa shape index (κ1) is 17.8. The van der Waals surface area contributed by atoms with Gasteiger partial charge in [0.1, 0.15) is 12.2 Å². The number of carboxylic acids is 1. The Bertz CT molecular complexity index is 455. The van der Waals surface area contributed by atoms with Crippen LogP contribution in [0.3, 0.4) is 0 Å². The summed E-state index contributed by atoms with van der Waals surface area (Å²) in [6, 6.07) is 0. The standard InChI is InChI=1S/C11H20NO9P/c13-8-7(5-20-22(17,18)19)21-10(9(8)14)12-3-1-2-6(4-12)11(15)16/h6-10,13-14H,1-5H2,(H,15,16)(H2,17,18,19)/t6?,7-,8-,9-,10-/m1/s1. The number of phosphoric acid groups is 1. The van der Waals surface area contributed by atoms with Crippen molar-refractivity contribution >= 4 is 13.8 Å². The van der Waals surface area contributed by atoms with Crippen LogP contribution >= 0.6 is 7.82 Å². The Kier molecular flexibility index (Phi) is 5.57. The van der Waals surface area contributed by atoms with Crippen molar-refractivity contribution in [3.63, 3.8) is 0 Å². The number of aliphatic hydroxyl groups excluding tert-OH is 2. The van der Waals surface area contributed by atoms with Crippen molar-refractivity contribution in [2.24, 2.45) is 5.92 Å². The molecule has 2 rings (SSSR count). The molecule has 2 unspecified atom stereocenters. The molecule has 128 valence electrons. The second-order valence-electron chi connectivity index (χ2n) is 5.63. The van der Waals surface area contributed by atoms with Gasteiger partial charge in [0.25, 0.3) is 0 Å². The number of nitrogens with one attached hydrogen (secondary N) is 1. The van der Waals surface area contributed by atoms with E-state index in [-0.39, 0.29) is 6.54 Å². The monoisotopic (exact) mass is 341 g/mol. The molecule has 2 aliphatic rings.